The van der Waals surface area contributed by atoms with Gasteiger partial charge in [-0.3, -0.25) is 0 Å². The normalized spacial score (nSPS) is 10.9. The number of carboxylic acid groups (broad SMARTS) is 1. The SMILES string of the molecule is O=C(O)/C=C/c1cc(O)c(O)cc1-c1cc(O)ccc1O. The lowest BCUT2D eigenvalue weighted by Crippen LogP contribution is -1.89. The summed E-state index contributed by atoms with van der Waals surface area (Å²) in [4.78, 5) is 10.6. The highest BCUT2D eigenvalue weighted by Gasteiger charge is 2.13. The molecule has 0 heterocycles. The zero-order chi connectivity index (χ0) is 15.6. The minimum absolute atomic E-state index is 0.108. The Morgan fingerprint density at radius 2 is 1.52 bits per heavy atom. The lowest BCUT2D eigenvalue weighted by molar-refractivity contribution is -0.131. The minimum atomic E-state index is -1.19. The summed E-state index contributed by atoms with van der Waals surface area (Å²) in [7, 11) is 0. The van der Waals surface area contributed by atoms with Gasteiger partial charge in [-0.05, 0) is 47.5 Å². The third kappa shape index (κ3) is 3.06. The Labute approximate surface area is 119 Å². The molecule has 6 nitrogen and oxygen atoms in total. The van der Waals surface area contributed by atoms with E-state index in [0.29, 0.717) is 0 Å². The number of hydrogen-bond donors (Lipinski definition) is 5. The highest BCUT2D eigenvalue weighted by atomic mass is 16.4. The standard InChI is InChI=1S/C15H12O6/c16-9-2-3-12(17)11(6-9)10-7-14(19)13(18)5-8(10)1-4-15(20)21/h1-7,16-19H,(H,20,21)/b4-1+. The van der Waals surface area contributed by atoms with Gasteiger partial charge in [-0.25, -0.2) is 4.79 Å². The molecule has 0 aliphatic carbocycles. The van der Waals surface area contributed by atoms with Crippen LogP contribution in [0, 0.1) is 0 Å². The number of benzene rings is 2. The Kier molecular flexibility index (Phi) is 3.71. The second kappa shape index (κ2) is 5.46. The minimum Gasteiger partial charge on any atom is -0.508 e. The average Bonchev–Trinajstić information content (AvgIpc) is 2.42. The van der Waals surface area contributed by atoms with Crippen LogP contribution < -0.4 is 0 Å². The Morgan fingerprint density at radius 1 is 0.857 bits per heavy atom. The molecule has 0 unspecified atom stereocenters. The van der Waals surface area contributed by atoms with Gasteiger partial charge in [-0.2, -0.15) is 0 Å². The van der Waals surface area contributed by atoms with Crippen LogP contribution in [0.2, 0.25) is 0 Å². The summed E-state index contributed by atoms with van der Waals surface area (Å²) >= 11 is 0. The quantitative estimate of drug-likeness (QED) is 0.336. The van der Waals surface area contributed by atoms with Gasteiger partial charge in [-0.15, -0.1) is 0 Å². The largest absolute Gasteiger partial charge is 0.508 e. The van der Waals surface area contributed by atoms with Gasteiger partial charge in [0.25, 0.3) is 0 Å². The molecular weight excluding hydrogens is 276 g/mol. The van der Waals surface area contributed by atoms with E-state index < -0.39 is 17.5 Å². The Balaban J connectivity index is 2.68. The molecule has 0 aliphatic heterocycles. The molecule has 21 heavy (non-hydrogen) atoms. The predicted octanol–water partition coefficient (Wildman–Crippen LogP) is 2.27. The van der Waals surface area contributed by atoms with Gasteiger partial charge < -0.3 is 25.5 Å². The second-order valence-electron chi connectivity index (χ2n) is 4.30. The van der Waals surface area contributed by atoms with Crippen LogP contribution in [-0.2, 0) is 4.79 Å². The zero-order valence-electron chi connectivity index (χ0n) is 10.7. The molecule has 0 saturated carbocycles. The summed E-state index contributed by atoms with van der Waals surface area (Å²) in [5.74, 6) is -2.32. The summed E-state index contributed by atoms with van der Waals surface area (Å²) in [6.45, 7) is 0. The van der Waals surface area contributed by atoms with Gasteiger partial charge in [0.15, 0.2) is 11.5 Å². The highest BCUT2D eigenvalue weighted by Crippen LogP contribution is 2.39. The summed E-state index contributed by atoms with van der Waals surface area (Å²) in [5, 5.41) is 47.1. The van der Waals surface area contributed by atoms with Gasteiger partial charge in [0.2, 0.25) is 0 Å². The maximum absolute atomic E-state index is 10.6. The molecule has 6 heteroatoms. The lowest BCUT2D eigenvalue weighted by atomic mass is 9.97. The van der Waals surface area contributed by atoms with E-state index in [1.54, 1.807) is 0 Å². The number of phenols is 4. The molecular formula is C15H12O6. The van der Waals surface area contributed by atoms with Crippen LogP contribution in [0.1, 0.15) is 5.56 Å². The van der Waals surface area contributed by atoms with Crippen molar-refractivity contribution in [2.24, 2.45) is 0 Å². The third-order valence-corrected chi connectivity index (χ3v) is 2.82. The maximum Gasteiger partial charge on any atom is 0.328 e. The van der Waals surface area contributed by atoms with E-state index in [-0.39, 0.29) is 28.2 Å². The van der Waals surface area contributed by atoms with Crippen molar-refractivity contribution >= 4 is 12.0 Å². The average molecular weight is 288 g/mol. The van der Waals surface area contributed by atoms with Crippen molar-refractivity contribution in [3.63, 3.8) is 0 Å². The molecule has 108 valence electrons. The van der Waals surface area contributed by atoms with E-state index in [1.807, 2.05) is 0 Å². The van der Waals surface area contributed by atoms with E-state index in [0.717, 1.165) is 12.1 Å². The van der Waals surface area contributed by atoms with Crippen LogP contribution in [0.4, 0.5) is 0 Å². The van der Waals surface area contributed by atoms with Gasteiger partial charge in [-0.1, -0.05) is 0 Å². The molecule has 5 N–H and O–H groups in total. The van der Waals surface area contributed by atoms with Crippen LogP contribution in [0.5, 0.6) is 23.0 Å². The first kappa shape index (κ1) is 14.3. The molecule has 0 spiro atoms. The fraction of sp³-hybridized carbons (Fsp3) is 0. The van der Waals surface area contributed by atoms with Crippen LogP contribution in [0.15, 0.2) is 36.4 Å². The number of aliphatic carboxylic acids is 1. The highest BCUT2D eigenvalue weighted by molar-refractivity contribution is 5.89. The van der Waals surface area contributed by atoms with E-state index in [4.69, 9.17) is 5.11 Å². The molecule has 0 bridgehead atoms. The Bertz CT molecular complexity index is 733. The maximum atomic E-state index is 10.6. The van der Waals surface area contributed by atoms with Crippen LogP contribution in [0.3, 0.4) is 0 Å². The number of aromatic hydroxyl groups is 4. The molecule has 2 aromatic carbocycles. The zero-order valence-corrected chi connectivity index (χ0v) is 10.7. The number of carbonyl (C=O) groups is 1. The summed E-state index contributed by atoms with van der Waals surface area (Å²) in [5.41, 5.74) is 0.708. The summed E-state index contributed by atoms with van der Waals surface area (Å²) in [6, 6.07) is 6.14. The third-order valence-electron chi connectivity index (χ3n) is 2.82. The van der Waals surface area contributed by atoms with Crippen molar-refractivity contribution in [2.75, 3.05) is 0 Å². The molecule has 0 saturated heterocycles. The molecule has 0 radical (unpaired) electrons. The molecule has 2 rings (SSSR count). The fourth-order valence-corrected chi connectivity index (χ4v) is 1.86. The first-order chi connectivity index (χ1) is 9.88. The molecule has 2 aromatic rings. The predicted molar refractivity (Wildman–Crippen MR) is 75.2 cm³/mol. The number of carboxylic acids is 1. The first-order valence-electron chi connectivity index (χ1n) is 5.88. The lowest BCUT2D eigenvalue weighted by Gasteiger charge is -2.11. The molecule has 0 amide bonds. The van der Waals surface area contributed by atoms with Crippen LogP contribution in [-0.4, -0.2) is 31.5 Å². The fourth-order valence-electron chi connectivity index (χ4n) is 1.86. The monoisotopic (exact) mass is 288 g/mol. The Morgan fingerprint density at radius 3 is 2.19 bits per heavy atom. The van der Waals surface area contributed by atoms with Gasteiger partial charge in [0.05, 0.1) is 0 Å². The molecule has 0 atom stereocenters. The van der Waals surface area contributed by atoms with Crippen molar-refractivity contribution in [2.45, 2.75) is 0 Å². The number of hydrogen-bond acceptors (Lipinski definition) is 5. The van der Waals surface area contributed by atoms with E-state index in [9.17, 15) is 25.2 Å². The molecule has 0 fully saturated rings. The Hall–Kier alpha value is -3.15. The number of phenolic OH excluding ortho intramolecular Hbond substituents is 4. The van der Waals surface area contributed by atoms with E-state index in [2.05, 4.69) is 0 Å². The first-order valence-corrected chi connectivity index (χ1v) is 5.88. The topological polar surface area (TPSA) is 118 Å². The van der Waals surface area contributed by atoms with E-state index >= 15 is 0 Å². The summed E-state index contributed by atoms with van der Waals surface area (Å²) < 4.78 is 0. The van der Waals surface area contributed by atoms with Crippen molar-refractivity contribution in [1.29, 1.82) is 0 Å². The van der Waals surface area contributed by atoms with Gasteiger partial charge in [0.1, 0.15) is 11.5 Å². The molecule has 0 aromatic heterocycles. The van der Waals surface area contributed by atoms with Crippen molar-refractivity contribution in [3.05, 3.63) is 42.0 Å². The van der Waals surface area contributed by atoms with Crippen molar-refractivity contribution < 1.29 is 30.3 Å². The second-order valence-corrected chi connectivity index (χ2v) is 4.30. The van der Waals surface area contributed by atoms with Gasteiger partial charge >= 0.3 is 5.97 Å². The van der Waals surface area contributed by atoms with Gasteiger partial charge in [0, 0.05) is 11.6 Å². The van der Waals surface area contributed by atoms with E-state index in [1.165, 1.54) is 30.3 Å². The number of rotatable bonds is 3. The van der Waals surface area contributed by atoms with Crippen LogP contribution in [0.25, 0.3) is 17.2 Å². The van der Waals surface area contributed by atoms with Crippen molar-refractivity contribution in [1.82, 2.24) is 0 Å². The van der Waals surface area contributed by atoms with Crippen molar-refractivity contribution in [3.8, 4) is 34.1 Å². The summed E-state index contributed by atoms with van der Waals surface area (Å²) in [6.07, 6.45) is 2.06. The van der Waals surface area contributed by atoms with Crippen LogP contribution >= 0.6 is 0 Å². The molecule has 0 aliphatic rings. The smallest absolute Gasteiger partial charge is 0.328 e.